The average molecular weight is 417 g/mol. The third kappa shape index (κ3) is 4.19. The molecule has 0 aliphatic heterocycles. The summed E-state index contributed by atoms with van der Waals surface area (Å²) >= 11 is 0. The smallest absolute Gasteiger partial charge is 0.258 e. The van der Waals surface area contributed by atoms with Crippen molar-refractivity contribution >= 4 is 0 Å². The highest BCUT2D eigenvalue weighted by atomic mass is 16.5. The minimum Gasteiger partial charge on any atom is -0.490 e. The Morgan fingerprint density at radius 1 is 1.29 bits per heavy atom. The van der Waals surface area contributed by atoms with Crippen molar-refractivity contribution in [1.29, 1.82) is 5.26 Å². The van der Waals surface area contributed by atoms with Gasteiger partial charge in [-0.25, -0.2) is 0 Å². The van der Waals surface area contributed by atoms with Crippen LogP contribution in [0.2, 0.25) is 0 Å². The first-order valence-corrected chi connectivity index (χ1v) is 10.9. The topological polar surface area (TPSA) is 75.2 Å². The van der Waals surface area contributed by atoms with Crippen LogP contribution in [0.5, 0.6) is 5.75 Å². The molecule has 0 unspecified atom stereocenters. The largest absolute Gasteiger partial charge is 0.490 e. The summed E-state index contributed by atoms with van der Waals surface area (Å²) < 4.78 is 11.3. The fourth-order valence-electron chi connectivity index (χ4n) is 4.37. The molecule has 1 heterocycles. The molecule has 4 rings (SSSR count). The van der Waals surface area contributed by atoms with Crippen molar-refractivity contribution in [3.63, 3.8) is 0 Å². The molecule has 1 atom stereocenters. The molecule has 2 aromatic carbocycles. The van der Waals surface area contributed by atoms with Crippen LogP contribution in [0.1, 0.15) is 56.3 Å². The minimum atomic E-state index is -0.00618. The Morgan fingerprint density at radius 3 is 2.87 bits per heavy atom. The van der Waals surface area contributed by atoms with Gasteiger partial charge in [-0.05, 0) is 76.0 Å². The standard InChI is InChI=1S/C25H28N4O2/c1-5-13-29(4)22-11-10-19-20(22)7-6-8-21(19)24-27-25(31-28-24)17-9-12-23(30-16(2)3)18(14-17)15-26/h6-9,12,14,16,22H,5,10-11,13H2,1-4H3/t22-/m1/s1. The predicted molar refractivity (Wildman–Crippen MR) is 120 cm³/mol. The van der Waals surface area contributed by atoms with Gasteiger partial charge in [0, 0.05) is 17.2 Å². The fraction of sp³-hybridized carbons (Fsp3) is 0.400. The lowest BCUT2D eigenvalue weighted by molar-refractivity contribution is 0.241. The highest BCUT2D eigenvalue weighted by Gasteiger charge is 2.28. The molecule has 160 valence electrons. The summed E-state index contributed by atoms with van der Waals surface area (Å²) in [6, 6.07) is 14.4. The zero-order chi connectivity index (χ0) is 22.0. The van der Waals surface area contributed by atoms with E-state index < -0.39 is 0 Å². The van der Waals surface area contributed by atoms with Crippen LogP contribution in [0.15, 0.2) is 40.9 Å². The molecule has 1 aliphatic rings. The van der Waals surface area contributed by atoms with Crippen molar-refractivity contribution in [2.75, 3.05) is 13.6 Å². The Morgan fingerprint density at radius 2 is 2.13 bits per heavy atom. The number of nitrogens with zero attached hydrogens (tertiary/aromatic N) is 4. The molecule has 3 aromatic rings. The van der Waals surface area contributed by atoms with E-state index in [9.17, 15) is 5.26 Å². The second-order valence-corrected chi connectivity index (χ2v) is 8.32. The molecule has 1 aliphatic carbocycles. The molecule has 0 N–H and O–H groups in total. The lowest BCUT2D eigenvalue weighted by Gasteiger charge is -2.24. The number of aromatic nitrogens is 2. The van der Waals surface area contributed by atoms with Gasteiger partial charge in [0.2, 0.25) is 5.82 Å². The lowest BCUT2D eigenvalue weighted by Crippen LogP contribution is -2.23. The molecule has 0 amide bonds. The third-order valence-electron chi connectivity index (χ3n) is 5.72. The number of ether oxygens (including phenoxy) is 1. The summed E-state index contributed by atoms with van der Waals surface area (Å²) in [5.41, 5.74) is 4.86. The quantitative estimate of drug-likeness (QED) is 0.514. The molecular formula is C25H28N4O2. The van der Waals surface area contributed by atoms with Gasteiger partial charge in [-0.2, -0.15) is 10.2 Å². The van der Waals surface area contributed by atoms with Crippen LogP contribution in [0, 0.1) is 11.3 Å². The van der Waals surface area contributed by atoms with Crippen LogP contribution in [-0.4, -0.2) is 34.7 Å². The third-order valence-corrected chi connectivity index (χ3v) is 5.72. The number of nitriles is 1. The first kappa shape index (κ1) is 21.1. The van der Waals surface area contributed by atoms with Gasteiger partial charge in [-0.3, -0.25) is 4.90 Å². The van der Waals surface area contributed by atoms with E-state index in [4.69, 9.17) is 9.26 Å². The van der Waals surface area contributed by atoms with E-state index in [0.29, 0.717) is 34.6 Å². The molecule has 0 radical (unpaired) electrons. The van der Waals surface area contributed by atoms with Crippen molar-refractivity contribution in [1.82, 2.24) is 15.0 Å². The molecular weight excluding hydrogens is 388 g/mol. The van der Waals surface area contributed by atoms with Crippen LogP contribution < -0.4 is 4.74 Å². The molecule has 1 aromatic heterocycles. The van der Waals surface area contributed by atoms with Crippen LogP contribution in [0.4, 0.5) is 0 Å². The summed E-state index contributed by atoms with van der Waals surface area (Å²) in [5, 5.41) is 13.8. The maximum Gasteiger partial charge on any atom is 0.258 e. The van der Waals surface area contributed by atoms with Gasteiger partial charge in [-0.15, -0.1) is 0 Å². The van der Waals surface area contributed by atoms with E-state index in [-0.39, 0.29) is 6.10 Å². The summed E-state index contributed by atoms with van der Waals surface area (Å²) in [6.45, 7) is 7.16. The Hall–Kier alpha value is -3.17. The highest BCUT2D eigenvalue weighted by Crippen LogP contribution is 2.40. The summed E-state index contributed by atoms with van der Waals surface area (Å²) in [5.74, 6) is 1.55. The van der Waals surface area contributed by atoms with Crippen molar-refractivity contribution in [3.05, 3.63) is 53.1 Å². The SMILES string of the molecule is CCCN(C)[C@@H]1CCc2c(-c3noc(-c4ccc(OC(C)C)c(C#N)c4)n3)cccc21. The monoisotopic (exact) mass is 416 g/mol. The Kier molecular flexibility index (Phi) is 6.06. The van der Waals surface area contributed by atoms with Crippen molar-refractivity contribution in [3.8, 4) is 34.7 Å². The lowest BCUT2D eigenvalue weighted by atomic mass is 10.0. The van der Waals surface area contributed by atoms with Gasteiger partial charge >= 0.3 is 0 Å². The second kappa shape index (κ2) is 8.91. The normalized spacial score (nSPS) is 15.3. The molecule has 6 nitrogen and oxygen atoms in total. The molecule has 6 heteroatoms. The molecule has 31 heavy (non-hydrogen) atoms. The van der Waals surface area contributed by atoms with E-state index in [1.807, 2.05) is 19.9 Å². The average Bonchev–Trinajstić information content (AvgIpc) is 3.41. The first-order chi connectivity index (χ1) is 15.0. The Labute approximate surface area is 183 Å². The fourth-order valence-corrected chi connectivity index (χ4v) is 4.37. The van der Waals surface area contributed by atoms with Crippen molar-refractivity contribution in [2.45, 2.75) is 52.2 Å². The number of hydrogen-bond acceptors (Lipinski definition) is 6. The van der Waals surface area contributed by atoms with Gasteiger partial charge in [0.15, 0.2) is 0 Å². The van der Waals surface area contributed by atoms with Crippen molar-refractivity contribution in [2.24, 2.45) is 0 Å². The van der Waals surface area contributed by atoms with Crippen molar-refractivity contribution < 1.29 is 9.26 Å². The highest BCUT2D eigenvalue weighted by molar-refractivity contribution is 5.67. The van der Waals surface area contributed by atoms with Gasteiger partial charge in [0.05, 0.1) is 11.7 Å². The van der Waals surface area contributed by atoms with Gasteiger partial charge in [-0.1, -0.05) is 30.3 Å². The minimum absolute atomic E-state index is 0.00618. The number of fused-ring (bicyclic) bond motifs is 1. The van der Waals surface area contributed by atoms with E-state index in [1.54, 1.807) is 12.1 Å². The van der Waals surface area contributed by atoms with Crippen LogP contribution in [-0.2, 0) is 6.42 Å². The van der Waals surface area contributed by atoms with E-state index >= 15 is 0 Å². The molecule has 0 bridgehead atoms. The maximum atomic E-state index is 9.50. The molecule has 0 spiro atoms. The zero-order valence-corrected chi connectivity index (χ0v) is 18.6. The predicted octanol–water partition coefficient (Wildman–Crippen LogP) is 5.39. The van der Waals surface area contributed by atoms with E-state index in [1.165, 1.54) is 11.1 Å². The number of benzene rings is 2. The van der Waals surface area contributed by atoms with Gasteiger partial charge < -0.3 is 9.26 Å². The zero-order valence-electron chi connectivity index (χ0n) is 18.6. The van der Waals surface area contributed by atoms with Crippen LogP contribution in [0.3, 0.4) is 0 Å². The summed E-state index contributed by atoms with van der Waals surface area (Å²) in [6.07, 6.45) is 3.25. The Balaban J connectivity index is 1.65. The molecule has 0 saturated heterocycles. The van der Waals surface area contributed by atoms with E-state index in [2.05, 4.69) is 53.3 Å². The molecule has 0 fully saturated rings. The van der Waals surface area contributed by atoms with E-state index in [0.717, 1.165) is 31.4 Å². The first-order valence-electron chi connectivity index (χ1n) is 10.9. The van der Waals surface area contributed by atoms with Gasteiger partial charge in [0.1, 0.15) is 11.8 Å². The Bertz CT molecular complexity index is 1110. The van der Waals surface area contributed by atoms with Crippen LogP contribution in [0.25, 0.3) is 22.8 Å². The second-order valence-electron chi connectivity index (χ2n) is 8.32. The maximum absolute atomic E-state index is 9.50. The molecule has 0 saturated carbocycles. The number of hydrogen-bond donors (Lipinski definition) is 0. The number of rotatable bonds is 7. The summed E-state index contributed by atoms with van der Waals surface area (Å²) in [4.78, 5) is 7.09. The van der Waals surface area contributed by atoms with Crippen LogP contribution >= 0.6 is 0 Å². The summed E-state index contributed by atoms with van der Waals surface area (Å²) in [7, 11) is 2.20. The van der Waals surface area contributed by atoms with Gasteiger partial charge in [0.25, 0.3) is 5.89 Å².